The maximum Gasteiger partial charge on any atom is 0.337 e. The van der Waals surface area contributed by atoms with Crippen LogP contribution in [0, 0.1) is 6.92 Å². The number of aliphatic hydroxyl groups is 1. The largest absolute Gasteiger partial charge is 0.465 e. The summed E-state index contributed by atoms with van der Waals surface area (Å²) in [6, 6.07) is 13.1. The zero-order valence-corrected chi connectivity index (χ0v) is 13.6. The molecule has 6 heteroatoms. The number of carbonyl (C=O) groups excluding carboxylic acids is 2. The lowest BCUT2D eigenvalue weighted by Crippen LogP contribution is -2.34. The molecule has 0 radical (unpaired) electrons. The highest BCUT2D eigenvalue weighted by Crippen LogP contribution is 2.18. The lowest BCUT2D eigenvalue weighted by Gasteiger charge is -2.18. The summed E-state index contributed by atoms with van der Waals surface area (Å²) in [7, 11) is 1.30. The summed E-state index contributed by atoms with van der Waals surface area (Å²) in [5.41, 5.74) is 2.45. The van der Waals surface area contributed by atoms with Crippen LogP contribution in [0.3, 0.4) is 0 Å². The van der Waals surface area contributed by atoms with Crippen molar-refractivity contribution in [1.29, 1.82) is 0 Å². The average molecular weight is 328 g/mol. The molecule has 126 valence electrons. The molecule has 0 bridgehead atoms. The molecular formula is C18H20N2O4. The molecule has 24 heavy (non-hydrogen) atoms. The molecule has 0 aliphatic rings. The predicted octanol–water partition coefficient (Wildman–Crippen LogP) is 2.64. The van der Waals surface area contributed by atoms with Gasteiger partial charge >= 0.3 is 12.0 Å². The topological polar surface area (TPSA) is 87.7 Å². The second-order valence-electron chi connectivity index (χ2n) is 5.27. The summed E-state index contributed by atoms with van der Waals surface area (Å²) in [6.07, 6.45) is 0. The first-order valence-electron chi connectivity index (χ1n) is 7.47. The Morgan fingerprint density at radius 1 is 1.17 bits per heavy atom. The van der Waals surface area contributed by atoms with E-state index in [-0.39, 0.29) is 6.61 Å². The number of carbonyl (C=O) groups is 2. The van der Waals surface area contributed by atoms with E-state index in [1.165, 1.54) is 7.11 Å². The summed E-state index contributed by atoms with van der Waals surface area (Å²) in [5.74, 6) is -0.476. The van der Waals surface area contributed by atoms with Crippen LogP contribution in [0.1, 0.15) is 27.5 Å². The summed E-state index contributed by atoms with van der Waals surface area (Å²) >= 11 is 0. The Morgan fingerprint density at radius 3 is 2.50 bits per heavy atom. The van der Waals surface area contributed by atoms with Gasteiger partial charge in [-0.2, -0.15) is 0 Å². The van der Waals surface area contributed by atoms with Crippen molar-refractivity contribution in [3.8, 4) is 0 Å². The Hall–Kier alpha value is -2.86. The SMILES string of the molecule is COC(=O)c1ccc(C)c(NC(=O)N[C@@H](CO)c2ccccc2)c1. The van der Waals surface area contributed by atoms with E-state index in [0.29, 0.717) is 11.3 Å². The molecule has 0 heterocycles. The molecule has 0 unspecified atom stereocenters. The van der Waals surface area contributed by atoms with Crippen LogP contribution >= 0.6 is 0 Å². The number of hydrogen-bond acceptors (Lipinski definition) is 4. The van der Waals surface area contributed by atoms with Gasteiger partial charge in [0.05, 0.1) is 25.3 Å². The lowest BCUT2D eigenvalue weighted by molar-refractivity contribution is 0.0600. The van der Waals surface area contributed by atoms with E-state index in [9.17, 15) is 14.7 Å². The third kappa shape index (κ3) is 4.33. The van der Waals surface area contributed by atoms with E-state index in [4.69, 9.17) is 0 Å². The van der Waals surface area contributed by atoms with Crippen LogP contribution < -0.4 is 10.6 Å². The molecule has 3 N–H and O–H groups in total. The van der Waals surface area contributed by atoms with Crippen molar-refractivity contribution in [3.63, 3.8) is 0 Å². The van der Waals surface area contributed by atoms with Crippen LogP contribution in [0.5, 0.6) is 0 Å². The maximum atomic E-state index is 12.2. The third-order valence-electron chi connectivity index (χ3n) is 3.60. The second-order valence-corrected chi connectivity index (χ2v) is 5.27. The number of benzene rings is 2. The monoisotopic (exact) mass is 328 g/mol. The molecule has 2 aromatic carbocycles. The molecule has 0 saturated carbocycles. The van der Waals surface area contributed by atoms with Crippen molar-refractivity contribution >= 4 is 17.7 Å². The van der Waals surface area contributed by atoms with Gasteiger partial charge in [0.15, 0.2) is 0 Å². The van der Waals surface area contributed by atoms with E-state index in [2.05, 4.69) is 15.4 Å². The number of methoxy groups -OCH3 is 1. The van der Waals surface area contributed by atoms with Gasteiger partial charge in [-0.25, -0.2) is 9.59 Å². The minimum absolute atomic E-state index is 0.224. The fraction of sp³-hybridized carbons (Fsp3) is 0.222. The smallest absolute Gasteiger partial charge is 0.337 e. The van der Waals surface area contributed by atoms with Crippen molar-refractivity contribution in [1.82, 2.24) is 5.32 Å². The van der Waals surface area contributed by atoms with Crippen molar-refractivity contribution in [2.75, 3.05) is 19.0 Å². The first-order chi connectivity index (χ1) is 11.5. The van der Waals surface area contributed by atoms with E-state index in [1.807, 2.05) is 37.3 Å². The van der Waals surface area contributed by atoms with Crippen molar-refractivity contribution in [2.24, 2.45) is 0 Å². The number of esters is 1. The van der Waals surface area contributed by atoms with Crippen LogP contribution in [0.2, 0.25) is 0 Å². The van der Waals surface area contributed by atoms with E-state index >= 15 is 0 Å². The number of anilines is 1. The minimum atomic E-state index is -0.518. The molecular weight excluding hydrogens is 308 g/mol. The second kappa shape index (κ2) is 8.12. The van der Waals surface area contributed by atoms with Crippen LogP contribution in [0.25, 0.3) is 0 Å². The fourth-order valence-corrected chi connectivity index (χ4v) is 2.24. The zero-order chi connectivity index (χ0) is 17.5. The number of rotatable bonds is 5. The Balaban J connectivity index is 2.10. The molecule has 6 nitrogen and oxygen atoms in total. The molecule has 2 rings (SSSR count). The number of aryl methyl sites for hydroxylation is 1. The van der Waals surface area contributed by atoms with Crippen molar-refractivity contribution in [3.05, 3.63) is 65.2 Å². The molecule has 2 aromatic rings. The number of urea groups is 1. The molecule has 1 atom stereocenters. The Morgan fingerprint density at radius 2 is 1.88 bits per heavy atom. The van der Waals surface area contributed by atoms with Gasteiger partial charge < -0.3 is 20.5 Å². The van der Waals surface area contributed by atoms with E-state index in [0.717, 1.165) is 11.1 Å². The minimum Gasteiger partial charge on any atom is -0.465 e. The van der Waals surface area contributed by atoms with Gasteiger partial charge in [-0.05, 0) is 30.2 Å². The third-order valence-corrected chi connectivity index (χ3v) is 3.60. The molecule has 0 saturated heterocycles. The standard InChI is InChI=1S/C18H20N2O4/c1-12-8-9-14(17(22)24-2)10-15(12)19-18(23)20-16(11-21)13-6-4-3-5-7-13/h3-10,16,21H,11H2,1-2H3,(H2,19,20,23)/t16-/m0/s1. The normalized spacial score (nSPS) is 11.5. The molecule has 0 aliphatic heterocycles. The number of hydrogen-bond donors (Lipinski definition) is 3. The molecule has 0 aromatic heterocycles. The summed E-state index contributed by atoms with van der Waals surface area (Å²) in [5, 5.41) is 14.9. The highest BCUT2D eigenvalue weighted by Gasteiger charge is 2.15. The summed E-state index contributed by atoms with van der Waals surface area (Å²) in [4.78, 5) is 23.8. The molecule has 0 aliphatic carbocycles. The van der Waals surface area contributed by atoms with Gasteiger partial charge in [-0.15, -0.1) is 0 Å². The average Bonchev–Trinajstić information content (AvgIpc) is 2.61. The summed E-state index contributed by atoms with van der Waals surface area (Å²) in [6.45, 7) is 1.59. The van der Waals surface area contributed by atoms with Crippen LogP contribution in [0.4, 0.5) is 10.5 Å². The number of ether oxygens (including phenoxy) is 1. The van der Waals surface area contributed by atoms with Gasteiger partial charge in [-0.3, -0.25) is 0 Å². The predicted molar refractivity (Wildman–Crippen MR) is 90.9 cm³/mol. The highest BCUT2D eigenvalue weighted by atomic mass is 16.5. The number of amides is 2. The van der Waals surface area contributed by atoms with Gasteiger partial charge in [0, 0.05) is 5.69 Å². The fourth-order valence-electron chi connectivity index (χ4n) is 2.24. The van der Waals surface area contributed by atoms with Crippen LogP contribution in [-0.2, 0) is 4.74 Å². The molecule has 0 fully saturated rings. The number of nitrogens with one attached hydrogen (secondary N) is 2. The van der Waals surface area contributed by atoms with Crippen molar-refractivity contribution in [2.45, 2.75) is 13.0 Å². The van der Waals surface area contributed by atoms with Gasteiger partial charge in [0.1, 0.15) is 0 Å². The van der Waals surface area contributed by atoms with Crippen LogP contribution in [-0.4, -0.2) is 30.8 Å². The van der Waals surface area contributed by atoms with E-state index in [1.54, 1.807) is 18.2 Å². The van der Waals surface area contributed by atoms with Crippen LogP contribution in [0.15, 0.2) is 48.5 Å². The van der Waals surface area contributed by atoms with Gasteiger partial charge in [-0.1, -0.05) is 36.4 Å². The number of aliphatic hydroxyl groups excluding tert-OH is 1. The summed E-state index contributed by atoms with van der Waals surface area (Å²) < 4.78 is 4.68. The Labute approximate surface area is 140 Å². The van der Waals surface area contributed by atoms with Crippen molar-refractivity contribution < 1.29 is 19.4 Å². The first-order valence-corrected chi connectivity index (χ1v) is 7.47. The molecule has 2 amide bonds. The Kier molecular flexibility index (Phi) is 5.92. The van der Waals surface area contributed by atoms with Gasteiger partial charge in [0.25, 0.3) is 0 Å². The Bertz CT molecular complexity index is 716. The lowest BCUT2D eigenvalue weighted by atomic mass is 10.1. The van der Waals surface area contributed by atoms with Gasteiger partial charge in [0.2, 0.25) is 0 Å². The maximum absolute atomic E-state index is 12.2. The van der Waals surface area contributed by atoms with E-state index < -0.39 is 18.0 Å². The first kappa shape index (κ1) is 17.5. The highest BCUT2D eigenvalue weighted by molar-refractivity contribution is 5.94. The quantitative estimate of drug-likeness (QED) is 0.736. The molecule has 0 spiro atoms. The zero-order valence-electron chi connectivity index (χ0n) is 13.6.